The van der Waals surface area contributed by atoms with Crippen LogP contribution >= 0.6 is 11.0 Å². The lowest BCUT2D eigenvalue weighted by Crippen LogP contribution is -2.37. The highest BCUT2D eigenvalue weighted by molar-refractivity contribution is 8.20. The van der Waals surface area contributed by atoms with E-state index in [-0.39, 0.29) is 0 Å². The first kappa shape index (κ1) is 15.5. The number of halogens is 2. The zero-order valence-corrected chi connectivity index (χ0v) is 9.11. The Balaban J connectivity index is 0. The Bertz CT molecular complexity index is 136. The Labute approximate surface area is 79.3 Å². The summed E-state index contributed by atoms with van der Waals surface area (Å²) in [6, 6.07) is 0. The summed E-state index contributed by atoms with van der Waals surface area (Å²) in [6.07, 6.45) is 0. The largest absolute Gasteiger partial charge is 0.273 e. The van der Waals surface area contributed by atoms with Crippen molar-refractivity contribution in [1.82, 2.24) is 4.31 Å². The van der Waals surface area contributed by atoms with Gasteiger partial charge in [0.2, 0.25) is 0 Å². The molecule has 0 atom stereocenters. The molecule has 4 N–H and O–H groups in total. The van der Waals surface area contributed by atoms with Crippen LogP contribution in [-0.4, -0.2) is 32.9 Å². The fourth-order valence-electron chi connectivity index (χ4n) is 0.486. The Morgan fingerprint density at radius 3 is 1.77 bits per heavy atom. The van der Waals surface area contributed by atoms with Crippen molar-refractivity contribution in [2.24, 2.45) is 5.14 Å². The molecule has 0 aromatic carbocycles. The van der Waals surface area contributed by atoms with Gasteiger partial charge in [-0.25, -0.2) is 13.9 Å². The summed E-state index contributed by atoms with van der Waals surface area (Å²) >= 11 is 0. The van der Waals surface area contributed by atoms with Gasteiger partial charge in [0.1, 0.15) is 0 Å². The highest BCUT2D eigenvalue weighted by atomic mass is 32.3. The molecule has 0 saturated heterocycles. The van der Waals surface area contributed by atoms with Crippen LogP contribution in [0.2, 0.25) is 0 Å². The maximum Gasteiger partial charge on any atom is 0.259 e. The minimum Gasteiger partial charge on any atom is -0.273 e. The van der Waals surface area contributed by atoms with Crippen molar-refractivity contribution in [3.63, 3.8) is 0 Å². The third kappa shape index (κ3) is 9.97. The Hall–Kier alpha value is 0.0500. The standard InChI is InChI=1S/C4H12F2N2O2S.C2H6/c1-4(5,6)3-8(2)11(7,9)10;1-2/h9-10H,3,7H2,1-2H3;1-2H3. The third-order valence-corrected chi connectivity index (χ3v) is 2.01. The molecule has 4 nitrogen and oxygen atoms in total. The topological polar surface area (TPSA) is 69.7 Å². The molecule has 0 spiro atoms. The molecule has 0 rings (SSSR count). The smallest absolute Gasteiger partial charge is 0.259 e. The zero-order chi connectivity index (χ0) is 11.3. The number of nitrogens with two attached hydrogens (primary N) is 1. The van der Waals surface area contributed by atoms with E-state index in [1.165, 1.54) is 0 Å². The van der Waals surface area contributed by atoms with Gasteiger partial charge < -0.3 is 0 Å². The van der Waals surface area contributed by atoms with Gasteiger partial charge in [-0.2, -0.15) is 4.31 Å². The van der Waals surface area contributed by atoms with Crippen molar-refractivity contribution in [1.29, 1.82) is 0 Å². The van der Waals surface area contributed by atoms with Gasteiger partial charge in [0.15, 0.2) is 0 Å². The molecular formula is C6H18F2N2O2S. The first-order chi connectivity index (χ1) is 5.63. The van der Waals surface area contributed by atoms with E-state index in [1.807, 2.05) is 13.8 Å². The van der Waals surface area contributed by atoms with Gasteiger partial charge >= 0.3 is 0 Å². The summed E-state index contributed by atoms with van der Waals surface area (Å²) in [5, 5.41) is 4.77. The van der Waals surface area contributed by atoms with Crippen LogP contribution in [0.4, 0.5) is 8.78 Å². The van der Waals surface area contributed by atoms with Gasteiger partial charge in [-0.15, -0.1) is 0 Å². The molecular weight excluding hydrogens is 202 g/mol. The molecule has 7 heteroatoms. The average Bonchev–Trinajstić information content (AvgIpc) is 1.86. The molecule has 13 heavy (non-hydrogen) atoms. The zero-order valence-electron chi connectivity index (χ0n) is 8.29. The SMILES string of the molecule is CC.CN(CC(C)(F)F)S(N)(O)O. The van der Waals surface area contributed by atoms with Crippen LogP contribution in [0.1, 0.15) is 20.8 Å². The van der Waals surface area contributed by atoms with Crippen LogP contribution in [0.15, 0.2) is 0 Å². The third-order valence-electron chi connectivity index (χ3n) is 0.959. The van der Waals surface area contributed by atoms with Crippen molar-refractivity contribution in [2.75, 3.05) is 13.6 Å². The molecule has 0 unspecified atom stereocenters. The van der Waals surface area contributed by atoms with Gasteiger partial charge in [0, 0.05) is 14.0 Å². The molecule has 0 radical (unpaired) electrons. The van der Waals surface area contributed by atoms with Gasteiger partial charge in [0.05, 0.1) is 6.54 Å². The Kier molecular flexibility index (Phi) is 6.82. The number of rotatable bonds is 3. The van der Waals surface area contributed by atoms with E-state index >= 15 is 0 Å². The van der Waals surface area contributed by atoms with E-state index < -0.39 is 23.4 Å². The molecule has 0 aromatic heterocycles. The number of hydrogen-bond acceptors (Lipinski definition) is 4. The monoisotopic (exact) mass is 220 g/mol. The van der Waals surface area contributed by atoms with Crippen molar-refractivity contribution in [2.45, 2.75) is 26.7 Å². The lowest BCUT2D eigenvalue weighted by atomic mass is 10.4. The van der Waals surface area contributed by atoms with Gasteiger partial charge in [-0.05, 0) is 0 Å². The number of nitrogens with zero attached hydrogens (tertiary/aromatic N) is 1. The Morgan fingerprint density at radius 1 is 1.38 bits per heavy atom. The molecule has 0 heterocycles. The Morgan fingerprint density at radius 2 is 1.69 bits per heavy atom. The molecule has 84 valence electrons. The van der Waals surface area contributed by atoms with Gasteiger partial charge in [-0.1, -0.05) is 24.8 Å². The highest BCUT2D eigenvalue weighted by Crippen LogP contribution is 2.33. The van der Waals surface area contributed by atoms with Crippen LogP contribution < -0.4 is 5.14 Å². The van der Waals surface area contributed by atoms with Crippen LogP contribution in [0, 0.1) is 0 Å². The van der Waals surface area contributed by atoms with Gasteiger partial charge in [0.25, 0.3) is 5.92 Å². The maximum atomic E-state index is 12.2. The fraction of sp³-hybridized carbons (Fsp3) is 1.00. The van der Waals surface area contributed by atoms with E-state index in [2.05, 4.69) is 0 Å². The molecule has 0 aliphatic rings. The first-order valence-corrected chi connectivity index (χ1v) is 5.35. The predicted molar refractivity (Wildman–Crippen MR) is 51.6 cm³/mol. The minimum atomic E-state index is -3.48. The van der Waals surface area contributed by atoms with Crippen molar-refractivity contribution in [3.8, 4) is 0 Å². The molecule has 0 aliphatic carbocycles. The van der Waals surface area contributed by atoms with Crippen LogP contribution in [0.25, 0.3) is 0 Å². The molecule has 0 aromatic rings. The number of hydrogen-bond donors (Lipinski definition) is 3. The van der Waals surface area contributed by atoms with Crippen molar-refractivity contribution < 1.29 is 17.9 Å². The van der Waals surface area contributed by atoms with Crippen LogP contribution in [0.5, 0.6) is 0 Å². The highest BCUT2D eigenvalue weighted by Gasteiger charge is 2.27. The summed E-state index contributed by atoms with van der Waals surface area (Å²) in [6.45, 7) is 3.90. The quantitative estimate of drug-likeness (QED) is 0.681. The second-order valence-corrected chi connectivity index (χ2v) is 4.16. The summed E-state index contributed by atoms with van der Waals surface area (Å²) < 4.78 is 42.3. The molecule has 0 fully saturated rings. The van der Waals surface area contributed by atoms with Crippen LogP contribution in [-0.2, 0) is 0 Å². The summed E-state index contributed by atoms with van der Waals surface area (Å²) in [5.41, 5.74) is 0. The normalized spacial score (nSPS) is 13.7. The molecule has 0 saturated carbocycles. The van der Waals surface area contributed by atoms with E-state index in [0.29, 0.717) is 11.2 Å². The second kappa shape index (κ2) is 5.71. The van der Waals surface area contributed by atoms with Crippen molar-refractivity contribution in [3.05, 3.63) is 0 Å². The fourth-order valence-corrected chi connectivity index (χ4v) is 0.903. The summed E-state index contributed by atoms with van der Waals surface area (Å²) in [4.78, 5) is 0. The summed E-state index contributed by atoms with van der Waals surface area (Å²) in [7, 11) is -2.36. The maximum absolute atomic E-state index is 12.2. The van der Waals surface area contributed by atoms with Crippen LogP contribution in [0.3, 0.4) is 0 Å². The first-order valence-electron chi connectivity index (χ1n) is 3.78. The van der Waals surface area contributed by atoms with E-state index in [4.69, 9.17) is 14.2 Å². The van der Waals surface area contributed by atoms with E-state index in [1.54, 1.807) is 0 Å². The lowest BCUT2D eigenvalue weighted by molar-refractivity contribution is 0.00647. The van der Waals surface area contributed by atoms with E-state index in [0.717, 1.165) is 7.05 Å². The average molecular weight is 220 g/mol. The second-order valence-electron chi connectivity index (χ2n) is 2.42. The van der Waals surface area contributed by atoms with Crippen molar-refractivity contribution >= 4 is 11.0 Å². The summed E-state index contributed by atoms with van der Waals surface area (Å²) in [5.74, 6) is -2.97. The molecule has 0 amide bonds. The van der Waals surface area contributed by atoms with Gasteiger partial charge in [-0.3, -0.25) is 9.11 Å². The van der Waals surface area contributed by atoms with E-state index in [9.17, 15) is 8.78 Å². The molecule has 0 bridgehead atoms. The number of alkyl halides is 2. The lowest BCUT2D eigenvalue weighted by Gasteiger charge is -2.36. The molecule has 0 aliphatic heterocycles. The predicted octanol–water partition coefficient (Wildman–Crippen LogP) is 2.14. The minimum absolute atomic E-state index is 0.618.